The highest BCUT2D eigenvalue weighted by Crippen LogP contribution is 2.42. The maximum absolute atomic E-state index is 5.66. The molecule has 0 saturated carbocycles. The van der Waals surface area contributed by atoms with Gasteiger partial charge in [0, 0.05) is 10.8 Å². The van der Waals surface area contributed by atoms with Gasteiger partial charge in [-0.1, -0.05) is 12.1 Å². The molecule has 5 rings (SSSR count). The fourth-order valence-electron chi connectivity index (χ4n) is 4.42. The van der Waals surface area contributed by atoms with Crippen molar-refractivity contribution in [2.75, 3.05) is 28.4 Å². The summed E-state index contributed by atoms with van der Waals surface area (Å²) in [5.41, 5.74) is 0. The van der Waals surface area contributed by atoms with Crippen molar-refractivity contribution < 1.29 is 18.9 Å². The van der Waals surface area contributed by atoms with Crippen molar-refractivity contribution >= 4 is 43.1 Å². The minimum Gasteiger partial charge on any atom is -0.493 e. The van der Waals surface area contributed by atoms with Crippen LogP contribution in [-0.2, 0) is 0 Å². The Morgan fingerprint density at radius 2 is 0.833 bits per heavy atom. The number of hydrogen-bond donors (Lipinski definition) is 0. The first-order chi connectivity index (χ1) is 14.7. The molecule has 0 atom stereocenters. The van der Waals surface area contributed by atoms with Crippen LogP contribution in [0, 0.1) is 0 Å². The first kappa shape index (κ1) is 18.4. The van der Waals surface area contributed by atoms with Crippen LogP contribution in [0.25, 0.3) is 43.1 Å². The number of ether oxygens (including phenoxy) is 4. The number of hydrogen-bond acceptors (Lipinski definition) is 4. The molecule has 0 aromatic heterocycles. The molecule has 5 aromatic carbocycles. The van der Waals surface area contributed by atoms with Gasteiger partial charge >= 0.3 is 0 Å². The molecule has 0 fully saturated rings. The smallest absolute Gasteiger partial charge is 0.168 e. The van der Waals surface area contributed by atoms with Crippen LogP contribution in [0.4, 0.5) is 0 Å². The Kier molecular flexibility index (Phi) is 4.28. The van der Waals surface area contributed by atoms with Gasteiger partial charge in [-0.25, -0.2) is 0 Å². The highest BCUT2D eigenvalue weighted by Gasteiger charge is 2.14. The molecule has 0 aliphatic heterocycles. The molecule has 0 heterocycles. The Bertz CT molecular complexity index is 1330. The molecule has 4 nitrogen and oxygen atoms in total. The second kappa shape index (κ2) is 6.99. The third kappa shape index (κ3) is 2.53. The molecular weight excluding hydrogens is 376 g/mol. The number of methoxy groups -OCH3 is 4. The quantitative estimate of drug-likeness (QED) is 0.262. The summed E-state index contributed by atoms with van der Waals surface area (Å²) in [5, 5.41) is 9.02. The van der Waals surface area contributed by atoms with Crippen LogP contribution in [0.5, 0.6) is 23.0 Å². The van der Waals surface area contributed by atoms with E-state index in [-0.39, 0.29) is 0 Å². The van der Waals surface area contributed by atoms with Crippen LogP contribution >= 0.6 is 0 Å². The second-order valence-electron chi connectivity index (χ2n) is 7.22. The lowest BCUT2D eigenvalue weighted by Crippen LogP contribution is -1.93. The van der Waals surface area contributed by atoms with Gasteiger partial charge in [-0.3, -0.25) is 0 Å². The lowest BCUT2D eigenvalue weighted by molar-refractivity contribution is 0.358. The van der Waals surface area contributed by atoms with E-state index in [1.165, 1.54) is 21.5 Å². The third-order valence-electron chi connectivity index (χ3n) is 5.83. The van der Waals surface area contributed by atoms with Crippen molar-refractivity contribution in [1.82, 2.24) is 0 Å². The van der Waals surface area contributed by atoms with Crippen LogP contribution in [0.3, 0.4) is 0 Å². The van der Waals surface area contributed by atoms with E-state index < -0.39 is 0 Å². The fraction of sp³-hybridized carbons (Fsp3) is 0.154. The molecule has 0 saturated heterocycles. The fourth-order valence-corrected chi connectivity index (χ4v) is 4.42. The van der Waals surface area contributed by atoms with Gasteiger partial charge in [0.05, 0.1) is 28.4 Å². The molecule has 0 amide bonds. The van der Waals surface area contributed by atoms with E-state index in [2.05, 4.69) is 48.5 Å². The average Bonchev–Trinajstić information content (AvgIpc) is 2.80. The number of rotatable bonds is 4. The zero-order chi connectivity index (χ0) is 20.8. The van der Waals surface area contributed by atoms with Gasteiger partial charge in [0.15, 0.2) is 23.0 Å². The van der Waals surface area contributed by atoms with Crippen LogP contribution in [-0.4, -0.2) is 28.4 Å². The van der Waals surface area contributed by atoms with E-state index in [0.29, 0.717) is 0 Å². The molecule has 0 aliphatic rings. The van der Waals surface area contributed by atoms with Crippen LogP contribution in [0.15, 0.2) is 60.7 Å². The Labute approximate surface area is 174 Å². The van der Waals surface area contributed by atoms with Crippen molar-refractivity contribution in [3.05, 3.63) is 60.7 Å². The highest BCUT2D eigenvalue weighted by atomic mass is 16.5. The first-order valence-corrected chi connectivity index (χ1v) is 9.75. The lowest BCUT2D eigenvalue weighted by Gasteiger charge is -2.15. The Hall–Kier alpha value is -3.66. The van der Waals surface area contributed by atoms with Gasteiger partial charge in [0.1, 0.15) is 0 Å². The van der Waals surface area contributed by atoms with E-state index in [4.69, 9.17) is 18.9 Å². The van der Waals surface area contributed by atoms with Crippen molar-refractivity contribution in [2.45, 2.75) is 0 Å². The largest absolute Gasteiger partial charge is 0.493 e. The Morgan fingerprint density at radius 3 is 1.23 bits per heavy atom. The first-order valence-electron chi connectivity index (χ1n) is 9.75. The van der Waals surface area contributed by atoms with Crippen molar-refractivity contribution in [1.29, 1.82) is 0 Å². The number of benzene rings is 5. The van der Waals surface area contributed by atoms with Crippen LogP contribution < -0.4 is 18.9 Å². The van der Waals surface area contributed by atoms with E-state index >= 15 is 0 Å². The summed E-state index contributed by atoms with van der Waals surface area (Å²) in [6.45, 7) is 0. The van der Waals surface area contributed by atoms with E-state index in [1.807, 2.05) is 12.1 Å². The van der Waals surface area contributed by atoms with Crippen molar-refractivity contribution in [3.8, 4) is 23.0 Å². The summed E-state index contributed by atoms with van der Waals surface area (Å²) < 4.78 is 22.3. The SMILES string of the molecule is COc1ccc2c(ccc3cc4ccc5c(OC)c(OC)ccc5c4cc32)c1OC. The molecule has 0 bridgehead atoms. The lowest BCUT2D eigenvalue weighted by atomic mass is 9.94. The van der Waals surface area contributed by atoms with Gasteiger partial charge in [-0.2, -0.15) is 0 Å². The summed E-state index contributed by atoms with van der Waals surface area (Å²) in [4.78, 5) is 0. The van der Waals surface area contributed by atoms with Crippen LogP contribution in [0.2, 0.25) is 0 Å². The molecule has 0 unspecified atom stereocenters. The highest BCUT2D eigenvalue weighted by molar-refractivity contribution is 6.19. The normalized spacial score (nSPS) is 11.3. The van der Waals surface area contributed by atoms with Gasteiger partial charge in [-0.15, -0.1) is 0 Å². The topological polar surface area (TPSA) is 36.9 Å². The summed E-state index contributed by atoms with van der Waals surface area (Å²) in [6.07, 6.45) is 0. The van der Waals surface area contributed by atoms with E-state index in [0.717, 1.165) is 44.5 Å². The molecule has 0 radical (unpaired) electrons. The average molecular weight is 398 g/mol. The second-order valence-corrected chi connectivity index (χ2v) is 7.22. The molecule has 5 aromatic rings. The van der Waals surface area contributed by atoms with Gasteiger partial charge in [0.2, 0.25) is 0 Å². The summed E-state index contributed by atoms with van der Waals surface area (Å²) in [7, 11) is 6.67. The Morgan fingerprint density at radius 1 is 0.400 bits per heavy atom. The third-order valence-corrected chi connectivity index (χ3v) is 5.83. The summed E-state index contributed by atoms with van der Waals surface area (Å²) in [6, 6.07) is 21.1. The minimum atomic E-state index is 0.729. The molecule has 150 valence electrons. The molecule has 0 N–H and O–H groups in total. The molecular formula is C26H22O4. The standard InChI is InChI=1S/C26H22O4/c1-27-23-11-9-17-19(25(23)29-3)7-5-15-13-16-6-8-20-18(22(16)14-21(15)17)10-12-24(28-2)26(20)30-4/h5-14H,1-4H3. The van der Waals surface area contributed by atoms with Crippen molar-refractivity contribution in [3.63, 3.8) is 0 Å². The summed E-state index contributed by atoms with van der Waals surface area (Å²) >= 11 is 0. The predicted octanol–water partition coefficient (Wildman–Crippen LogP) is 6.33. The molecule has 30 heavy (non-hydrogen) atoms. The maximum atomic E-state index is 5.66. The van der Waals surface area contributed by atoms with E-state index in [9.17, 15) is 0 Å². The zero-order valence-electron chi connectivity index (χ0n) is 17.4. The van der Waals surface area contributed by atoms with Crippen molar-refractivity contribution in [2.24, 2.45) is 0 Å². The van der Waals surface area contributed by atoms with E-state index in [1.54, 1.807) is 28.4 Å². The summed E-state index contributed by atoms with van der Waals surface area (Å²) in [5.74, 6) is 2.96. The van der Waals surface area contributed by atoms with Gasteiger partial charge < -0.3 is 18.9 Å². The number of fused-ring (bicyclic) bond motifs is 6. The van der Waals surface area contributed by atoms with Crippen LogP contribution in [0.1, 0.15) is 0 Å². The molecule has 0 aliphatic carbocycles. The molecule has 4 heteroatoms. The Balaban J connectivity index is 1.91. The zero-order valence-corrected chi connectivity index (χ0v) is 17.4. The predicted molar refractivity (Wildman–Crippen MR) is 123 cm³/mol. The van der Waals surface area contributed by atoms with Gasteiger partial charge in [0.25, 0.3) is 0 Å². The minimum absolute atomic E-state index is 0.729. The maximum Gasteiger partial charge on any atom is 0.168 e. The monoisotopic (exact) mass is 398 g/mol. The molecule has 0 spiro atoms. The van der Waals surface area contributed by atoms with Gasteiger partial charge in [-0.05, 0) is 80.8 Å².